The van der Waals surface area contributed by atoms with E-state index in [-0.39, 0.29) is 42.4 Å². The van der Waals surface area contributed by atoms with Crippen molar-refractivity contribution < 1.29 is 32.7 Å². The number of benzene rings is 1. The molecule has 4 heterocycles. The maximum absolute atomic E-state index is 14.2. The lowest BCUT2D eigenvalue weighted by Gasteiger charge is -2.42. The number of amides is 2. The fraction of sp³-hybridized carbons (Fsp3) is 0.483. The fourth-order valence-electron chi connectivity index (χ4n) is 5.79. The van der Waals surface area contributed by atoms with E-state index < -0.39 is 52.2 Å². The van der Waals surface area contributed by atoms with Crippen LogP contribution in [-0.4, -0.2) is 51.2 Å². The Labute approximate surface area is 235 Å². The number of carbonyl (C=O) groups excluding carboxylic acids is 3. The number of halogens is 2. The molecule has 1 aromatic heterocycles. The van der Waals surface area contributed by atoms with Crippen molar-refractivity contribution in [1.29, 1.82) is 0 Å². The summed E-state index contributed by atoms with van der Waals surface area (Å²) in [6.07, 6.45) is 4.19. The molecule has 1 saturated heterocycles. The lowest BCUT2D eigenvalue weighted by Crippen LogP contribution is -2.52. The van der Waals surface area contributed by atoms with E-state index in [4.69, 9.17) is 9.57 Å². The number of nitrogens with zero attached hydrogens (tertiary/aromatic N) is 3. The summed E-state index contributed by atoms with van der Waals surface area (Å²) in [6, 6.07) is 2.21. The van der Waals surface area contributed by atoms with Gasteiger partial charge in [-0.05, 0) is 39.2 Å². The number of aromatic nitrogens is 1. The summed E-state index contributed by atoms with van der Waals surface area (Å²) >= 11 is 0. The molecular formula is C29H32F2N4O6. The third-order valence-corrected chi connectivity index (χ3v) is 8.07. The Bertz CT molecular complexity index is 1500. The molecule has 3 aliphatic heterocycles. The highest BCUT2D eigenvalue weighted by molar-refractivity contribution is 6.00. The molecule has 0 unspecified atom stereocenters. The van der Waals surface area contributed by atoms with Gasteiger partial charge in [0.05, 0.1) is 11.8 Å². The topological polar surface area (TPSA) is 119 Å². The lowest BCUT2D eigenvalue weighted by molar-refractivity contribution is -0.134. The Balaban J connectivity index is 1.61. The molecule has 12 heteroatoms. The van der Waals surface area contributed by atoms with Crippen LogP contribution < -0.4 is 15.5 Å². The van der Waals surface area contributed by atoms with E-state index >= 15 is 0 Å². The average Bonchev–Trinajstić information content (AvgIpc) is 3.26. The SMILES string of the molecule is CCCCC(=O)Oc1c2n(cc(C(=O)NCc3ccc(F)cc3F)c1=O)[C@@H]1CN(C2=O)[C@@H](C)CC[C@]12CC(C)=NO2. The van der Waals surface area contributed by atoms with E-state index in [1.165, 1.54) is 16.8 Å². The number of hydrogen-bond acceptors (Lipinski definition) is 7. The number of ether oxygens (including phenoxy) is 1. The maximum Gasteiger partial charge on any atom is 0.311 e. The predicted octanol–water partition coefficient (Wildman–Crippen LogP) is 3.87. The fourth-order valence-corrected chi connectivity index (χ4v) is 5.79. The van der Waals surface area contributed by atoms with Gasteiger partial charge in [0, 0.05) is 49.8 Å². The second kappa shape index (κ2) is 11.1. The molecule has 2 amide bonds. The van der Waals surface area contributed by atoms with Gasteiger partial charge in [0.15, 0.2) is 11.3 Å². The number of nitrogens with one attached hydrogen (secondary N) is 1. The third-order valence-electron chi connectivity index (χ3n) is 8.07. The monoisotopic (exact) mass is 570 g/mol. The zero-order chi connectivity index (χ0) is 29.5. The van der Waals surface area contributed by atoms with Gasteiger partial charge in [-0.1, -0.05) is 24.6 Å². The van der Waals surface area contributed by atoms with Crippen LogP contribution in [0.25, 0.3) is 0 Å². The van der Waals surface area contributed by atoms with Gasteiger partial charge in [0.25, 0.3) is 11.8 Å². The summed E-state index contributed by atoms with van der Waals surface area (Å²) in [7, 11) is 0. The number of fused-ring (bicyclic) bond motifs is 5. The highest BCUT2D eigenvalue weighted by Gasteiger charge is 2.54. The van der Waals surface area contributed by atoms with Crippen molar-refractivity contribution >= 4 is 23.5 Å². The highest BCUT2D eigenvalue weighted by Crippen LogP contribution is 2.46. The van der Waals surface area contributed by atoms with Crippen LogP contribution in [0.1, 0.15) is 91.7 Å². The lowest BCUT2D eigenvalue weighted by atomic mass is 9.84. The number of esters is 1. The summed E-state index contributed by atoms with van der Waals surface area (Å²) in [5.41, 5.74) is -1.51. The highest BCUT2D eigenvalue weighted by atomic mass is 19.1. The predicted molar refractivity (Wildman–Crippen MR) is 144 cm³/mol. The average molecular weight is 571 g/mol. The largest absolute Gasteiger partial charge is 0.420 e. The molecule has 0 saturated carbocycles. The molecule has 3 atom stereocenters. The summed E-state index contributed by atoms with van der Waals surface area (Å²) in [6.45, 7) is 5.56. The molecule has 2 bridgehead atoms. The van der Waals surface area contributed by atoms with Gasteiger partial charge in [0.1, 0.15) is 17.2 Å². The molecule has 218 valence electrons. The minimum atomic E-state index is -0.937. The number of hydrogen-bond donors (Lipinski definition) is 1. The Morgan fingerprint density at radius 2 is 2.05 bits per heavy atom. The van der Waals surface area contributed by atoms with Crippen LogP contribution in [-0.2, 0) is 16.2 Å². The van der Waals surface area contributed by atoms with Crippen molar-refractivity contribution in [2.75, 3.05) is 6.54 Å². The standard InChI is InChI=1S/C29H32F2N4O6/c1-4-5-6-23(36)40-26-24-28(39)34-15-22(29(10-9-17(34)3)12-16(2)33-41-29)35(24)14-20(25(26)37)27(38)32-13-18-7-8-19(30)11-21(18)31/h7-8,11,14,17,22H,4-6,9-10,12-13,15H2,1-3H3,(H,32,38)/t17-,22+,29-/m0/s1. The summed E-state index contributed by atoms with van der Waals surface area (Å²) < 4.78 is 34.6. The second-order valence-electron chi connectivity index (χ2n) is 11.0. The zero-order valence-corrected chi connectivity index (χ0v) is 23.2. The Morgan fingerprint density at radius 3 is 2.73 bits per heavy atom. The van der Waals surface area contributed by atoms with E-state index in [2.05, 4.69) is 10.5 Å². The Kier molecular flexibility index (Phi) is 7.67. The normalized spacial score (nSPS) is 23.0. The van der Waals surface area contributed by atoms with Gasteiger partial charge < -0.3 is 24.4 Å². The first-order valence-corrected chi connectivity index (χ1v) is 13.8. The number of oxime groups is 1. The number of pyridine rings is 1. The number of carbonyl (C=O) groups is 3. The van der Waals surface area contributed by atoms with Crippen molar-refractivity contribution in [3.8, 4) is 5.75 Å². The van der Waals surface area contributed by atoms with Crippen molar-refractivity contribution in [3.05, 3.63) is 63.1 Å². The van der Waals surface area contributed by atoms with Crippen molar-refractivity contribution in [2.24, 2.45) is 5.16 Å². The maximum atomic E-state index is 14.2. The molecule has 1 fully saturated rings. The number of rotatable bonds is 7. The Morgan fingerprint density at radius 1 is 1.27 bits per heavy atom. The van der Waals surface area contributed by atoms with Crippen molar-refractivity contribution in [2.45, 2.75) is 83.5 Å². The first-order valence-electron chi connectivity index (χ1n) is 13.8. The van der Waals surface area contributed by atoms with Crippen molar-refractivity contribution in [1.82, 2.24) is 14.8 Å². The van der Waals surface area contributed by atoms with Gasteiger partial charge in [-0.25, -0.2) is 8.78 Å². The summed E-state index contributed by atoms with van der Waals surface area (Å²) in [4.78, 5) is 61.3. The smallest absolute Gasteiger partial charge is 0.311 e. The molecule has 0 radical (unpaired) electrons. The van der Waals surface area contributed by atoms with E-state index in [1.807, 2.05) is 20.8 Å². The molecule has 1 spiro atoms. The molecule has 0 aliphatic carbocycles. The van der Waals surface area contributed by atoms with Crippen LogP contribution in [0.15, 0.2) is 34.3 Å². The minimum absolute atomic E-state index is 0.0125. The first-order chi connectivity index (χ1) is 19.5. The van der Waals surface area contributed by atoms with E-state index in [0.717, 1.165) is 11.8 Å². The molecule has 1 aromatic carbocycles. The first kappa shape index (κ1) is 28.4. The van der Waals surface area contributed by atoms with E-state index in [0.29, 0.717) is 38.2 Å². The second-order valence-corrected chi connectivity index (χ2v) is 11.0. The van der Waals surface area contributed by atoms with Crippen molar-refractivity contribution in [3.63, 3.8) is 0 Å². The van der Waals surface area contributed by atoms with Gasteiger partial charge in [-0.3, -0.25) is 19.2 Å². The molecule has 1 N–H and O–H groups in total. The summed E-state index contributed by atoms with van der Waals surface area (Å²) in [5, 5.41) is 6.68. The van der Waals surface area contributed by atoms with Gasteiger partial charge in [-0.2, -0.15) is 0 Å². The van der Waals surface area contributed by atoms with Gasteiger partial charge >= 0.3 is 5.97 Å². The van der Waals surface area contributed by atoms with Crippen LogP contribution in [0, 0.1) is 11.6 Å². The van der Waals surface area contributed by atoms with E-state index in [9.17, 15) is 28.0 Å². The quantitative estimate of drug-likeness (QED) is 0.505. The minimum Gasteiger partial charge on any atom is -0.420 e. The molecular weight excluding hydrogens is 538 g/mol. The van der Waals surface area contributed by atoms with Gasteiger partial charge in [0.2, 0.25) is 11.2 Å². The summed E-state index contributed by atoms with van der Waals surface area (Å²) in [5.74, 6) is -4.20. The van der Waals surface area contributed by atoms with Crippen LogP contribution in [0.5, 0.6) is 5.75 Å². The molecule has 3 aliphatic rings. The molecule has 2 aromatic rings. The molecule has 5 rings (SSSR count). The van der Waals surface area contributed by atoms with Crippen LogP contribution >= 0.6 is 0 Å². The Hall–Kier alpha value is -4.09. The van der Waals surface area contributed by atoms with E-state index in [1.54, 1.807) is 4.90 Å². The third kappa shape index (κ3) is 5.22. The van der Waals surface area contributed by atoms with Gasteiger partial charge in [-0.15, -0.1) is 0 Å². The van der Waals surface area contributed by atoms with Crippen LogP contribution in [0.2, 0.25) is 0 Å². The zero-order valence-electron chi connectivity index (χ0n) is 23.2. The number of unbranched alkanes of at least 4 members (excludes halogenated alkanes) is 1. The molecule has 10 nitrogen and oxygen atoms in total. The van der Waals surface area contributed by atoms with Crippen LogP contribution in [0.3, 0.4) is 0 Å². The van der Waals surface area contributed by atoms with Crippen LogP contribution in [0.4, 0.5) is 8.78 Å². The molecule has 41 heavy (non-hydrogen) atoms.